The van der Waals surface area contributed by atoms with E-state index in [9.17, 15) is 0 Å². The number of nitrogens with zero attached hydrogens (tertiary/aromatic N) is 2. The molecule has 1 aromatic carbocycles. The third-order valence-corrected chi connectivity index (χ3v) is 3.18. The van der Waals surface area contributed by atoms with E-state index in [1.54, 1.807) is 18.9 Å². The topological polar surface area (TPSA) is 74.3 Å². The highest BCUT2D eigenvalue weighted by atomic mass is 16.5. The second-order valence-electron chi connectivity index (χ2n) is 4.59. The number of hydrogen-bond acceptors (Lipinski definition) is 5. The summed E-state index contributed by atoms with van der Waals surface area (Å²) in [6.07, 6.45) is 4.55. The van der Waals surface area contributed by atoms with Crippen molar-refractivity contribution in [3.8, 4) is 11.5 Å². The van der Waals surface area contributed by atoms with Crippen molar-refractivity contribution < 1.29 is 9.47 Å². The lowest BCUT2D eigenvalue weighted by Crippen LogP contribution is -2.29. The van der Waals surface area contributed by atoms with Crippen LogP contribution in [0.4, 0.5) is 0 Å². The molecule has 2 rings (SSSR count). The number of aromatic nitrogens is 2. The van der Waals surface area contributed by atoms with Gasteiger partial charge in [0, 0.05) is 19.3 Å². The summed E-state index contributed by atoms with van der Waals surface area (Å²) >= 11 is 0. The Hall–Kier alpha value is -2.05. The van der Waals surface area contributed by atoms with Crippen LogP contribution < -0.4 is 20.7 Å². The molecule has 0 amide bonds. The molecule has 6 nitrogen and oxygen atoms in total. The molecule has 0 fully saturated rings. The Labute approximate surface area is 118 Å². The zero-order valence-corrected chi connectivity index (χ0v) is 12.0. The van der Waals surface area contributed by atoms with Gasteiger partial charge in [-0.05, 0) is 29.7 Å². The number of benzene rings is 1. The van der Waals surface area contributed by atoms with Gasteiger partial charge in [-0.1, -0.05) is 0 Å². The molecule has 0 aliphatic rings. The summed E-state index contributed by atoms with van der Waals surface area (Å²) < 4.78 is 12.3. The fourth-order valence-corrected chi connectivity index (χ4v) is 2.12. The highest BCUT2D eigenvalue weighted by Gasteiger charge is 2.14. The van der Waals surface area contributed by atoms with Crippen molar-refractivity contribution in [1.29, 1.82) is 0 Å². The third-order valence-electron chi connectivity index (χ3n) is 3.18. The minimum atomic E-state index is -0.0387. The van der Waals surface area contributed by atoms with Gasteiger partial charge in [-0.25, -0.2) is 0 Å². The lowest BCUT2D eigenvalue weighted by Gasteiger charge is -2.17. The van der Waals surface area contributed by atoms with E-state index in [1.165, 1.54) is 0 Å². The summed E-state index contributed by atoms with van der Waals surface area (Å²) in [6.45, 7) is 0. The molecule has 6 heteroatoms. The smallest absolute Gasteiger partial charge is 0.122 e. The minimum absolute atomic E-state index is 0.0387. The first-order valence-electron chi connectivity index (χ1n) is 6.33. The van der Waals surface area contributed by atoms with Crippen LogP contribution in [0.15, 0.2) is 30.6 Å². The lowest BCUT2D eigenvalue weighted by molar-refractivity contribution is 0.391. The highest BCUT2D eigenvalue weighted by Crippen LogP contribution is 2.27. The van der Waals surface area contributed by atoms with E-state index in [0.717, 1.165) is 29.0 Å². The molecular formula is C14H20N4O2. The third kappa shape index (κ3) is 3.28. The normalized spacial score (nSPS) is 12.2. The Morgan fingerprint density at radius 2 is 1.90 bits per heavy atom. The van der Waals surface area contributed by atoms with E-state index in [2.05, 4.69) is 10.5 Å². The second-order valence-corrected chi connectivity index (χ2v) is 4.59. The maximum absolute atomic E-state index is 5.68. The molecule has 0 bridgehead atoms. The molecule has 1 heterocycles. The van der Waals surface area contributed by atoms with Crippen LogP contribution in [0.3, 0.4) is 0 Å². The SMILES string of the molecule is COc1cc(OC)cc(C(Cc2cnn(C)c2)NN)c1. The van der Waals surface area contributed by atoms with E-state index < -0.39 is 0 Å². The van der Waals surface area contributed by atoms with Crippen LogP contribution in [-0.2, 0) is 13.5 Å². The van der Waals surface area contributed by atoms with Gasteiger partial charge in [0.05, 0.1) is 26.5 Å². The van der Waals surface area contributed by atoms with Gasteiger partial charge in [-0.15, -0.1) is 0 Å². The zero-order chi connectivity index (χ0) is 14.5. The van der Waals surface area contributed by atoms with Gasteiger partial charge >= 0.3 is 0 Å². The second kappa shape index (κ2) is 6.40. The Morgan fingerprint density at radius 3 is 2.35 bits per heavy atom. The van der Waals surface area contributed by atoms with E-state index in [-0.39, 0.29) is 6.04 Å². The Morgan fingerprint density at radius 1 is 1.25 bits per heavy atom. The largest absolute Gasteiger partial charge is 0.497 e. The monoisotopic (exact) mass is 276 g/mol. The van der Waals surface area contributed by atoms with Crippen molar-refractivity contribution in [1.82, 2.24) is 15.2 Å². The minimum Gasteiger partial charge on any atom is -0.497 e. The fraction of sp³-hybridized carbons (Fsp3) is 0.357. The van der Waals surface area contributed by atoms with Gasteiger partial charge in [0.2, 0.25) is 0 Å². The van der Waals surface area contributed by atoms with Gasteiger partial charge in [-0.3, -0.25) is 16.0 Å². The molecule has 0 spiro atoms. The molecule has 0 aliphatic carbocycles. The quantitative estimate of drug-likeness (QED) is 0.612. The van der Waals surface area contributed by atoms with E-state index in [0.29, 0.717) is 0 Å². The molecule has 1 unspecified atom stereocenters. The van der Waals surface area contributed by atoms with Gasteiger partial charge in [-0.2, -0.15) is 5.10 Å². The molecule has 0 radical (unpaired) electrons. The Balaban J connectivity index is 2.26. The predicted molar refractivity (Wildman–Crippen MR) is 76.5 cm³/mol. The summed E-state index contributed by atoms with van der Waals surface area (Å²) in [6, 6.07) is 5.69. The number of hydrazine groups is 1. The van der Waals surface area contributed by atoms with E-state index >= 15 is 0 Å². The van der Waals surface area contributed by atoms with E-state index in [1.807, 2.05) is 37.6 Å². The maximum Gasteiger partial charge on any atom is 0.122 e. The predicted octanol–water partition coefficient (Wildman–Crippen LogP) is 1.18. The van der Waals surface area contributed by atoms with Crippen LogP contribution in [0.5, 0.6) is 11.5 Å². The molecule has 108 valence electrons. The van der Waals surface area contributed by atoms with E-state index in [4.69, 9.17) is 15.3 Å². The van der Waals surface area contributed by atoms with Crippen LogP contribution in [0.25, 0.3) is 0 Å². The van der Waals surface area contributed by atoms with Gasteiger partial charge in [0.15, 0.2) is 0 Å². The van der Waals surface area contributed by atoms with Gasteiger partial charge < -0.3 is 9.47 Å². The number of nitrogens with one attached hydrogen (secondary N) is 1. The van der Waals surface area contributed by atoms with Crippen molar-refractivity contribution in [3.05, 3.63) is 41.7 Å². The van der Waals surface area contributed by atoms with Crippen molar-refractivity contribution in [2.75, 3.05) is 14.2 Å². The van der Waals surface area contributed by atoms with Crippen LogP contribution in [0.2, 0.25) is 0 Å². The van der Waals surface area contributed by atoms with Gasteiger partial charge in [0.25, 0.3) is 0 Å². The number of ether oxygens (including phenoxy) is 2. The number of nitrogens with two attached hydrogens (primary N) is 1. The summed E-state index contributed by atoms with van der Waals surface area (Å²) in [5.74, 6) is 7.17. The van der Waals surface area contributed by atoms with Crippen molar-refractivity contribution in [2.24, 2.45) is 12.9 Å². The fourth-order valence-electron chi connectivity index (χ4n) is 2.12. The van der Waals surface area contributed by atoms with Crippen LogP contribution in [0.1, 0.15) is 17.2 Å². The average Bonchev–Trinajstić information content (AvgIpc) is 2.89. The first-order valence-corrected chi connectivity index (χ1v) is 6.33. The number of rotatable bonds is 6. The number of methoxy groups -OCH3 is 2. The molecule has 1 atom stereocenters. The molecule has 2 aromatic rings. The summed E-state index contributed by atoms with van der Waals surface area (Å²) in [4.78, 5) is 0. The highest BCUT2D eigenvalue weighted by molar-refractivity contribution is 5.40. The Bertz CT molecular complexity index is 546. The van der Waals surface area contributed by atoms with Crippen LogP contribution >= 0.6 is 0 Å². The molecule has 1 aromatic heterocycles. The number of aryl methyl sites for hydroxylation is 1. The lowest BCUT2D eigenvalue weighted by atomic mass is 10.0. The van der Waals surface area contributed by atoms with Gasteiger partial charge in [0.1, 0.15) is 11.5 Å². The summed E-state index contributed by atoms with van der Waals surface area (Å²) in [5.41, 5.74) is 4.95. The van der Waals surface area contributed by atoms with Crippen LogP contribution in [-0.4, -0.2) is 24.0 Å². The molecule has 0 saturated carbocycles. The average molecular weight is 276 g/mol. The van der Waals surface area contributed by atoms with Crippen molar-refractivity contribution in [3.63, 3.8) is 0 Å². The summed E-state index contributed by atoms with van der Waals surface area (Å²) in [7, 11) is 5.15. The van der Waals surface area contributed by atoms with Crippen molar-refractivity contribution in [2.45, 2.75) is 12.5 Å². The molecular weight excluding hydrogens is 256 g/mol. The summed E-state index contributed by atoms with van der Waals surface area (Å²) in [5, 5.41) is 4.16. The number of hydrogen-bond donors (Lipinski definition) is 2. The standard InChI is InChI=1S/C14H20N4O2/c1-18-9-10(8-16-18)4-14(17-15)11-5-12(19-2)7-13(6-11)20-3/h5-9,14,17H,4,15H2,1-3H3. The maximum atomic E-state index is 5.68. The molecule has 0 aliphatic heterocycles. The zero-order valence-electron chi connectivity index (χ0n) is 12.0. The molecule has 3 N–H and O–H groups in total. The van der Waals surface area contributed by atoms with Crippen LogP contribution in [0, 0.1) is 0 Å². The first-order chi connectivity index (χ1) is 9.66. The first kappa shape index (κ1) is 14.4. The molecule has 0 saturated heterocycles. The molecule has 20 heavy (non-hydrogen) atoms. The van der Waals surface area contributed by atoms with Crippen molar-refractivity contribution >= 4 is 0 Å². The Kier molecular flexibility index (Phi) is 4.60.